The molecule has 2 aromatic rings. The van der Waals surface area contributed by atoms with Gasteiger partial charge in [0.1, 0.15) is 11.4 Å². The average Bonchev–Trinajstić information content (AvgIpc) is 3.14. The molecule has 1 saturated heterocycles. The largest absolute Gasteiger partial charge is 0.352 e. The summed E-state index contributed by atoms with van der Waals surface area (Å²) in [6.07, 6.45) is 8.67. The first-order valence-corrected chi connectivity index (χ1v) is 9.67. The number of ether oxygens (including phenoxy) is 1. The van der Waals surface area contributed by atoms with E-state index in [1.807, 2.05) is 38.5 Å². The number of hydrogen-bond donors (Lipinski definition) is 1. The summed E-state index contributed by atoms with van der Waals surface area (Å²) in [6.45, 7) is 7.15. The van der Waals surface area contributed by atoms with Gasteiger partial charge < -0.3 is 14.6 Å². The van der Waals surface area contributed by atoms with Crippen LogP contribution in [0, 0.1) is 0 Å². The van der Waals surface area contributed by atoms with Crippen LogP contribution in [0.3, 0.4) is 0 Å². The standard InChI is InChI=1S/C20H27N5O2/c1-15(2)23-18(26)17-14-25-11-8-22-19(25)20(27-17)5-9-24(10-6-20)13-16-4-3-7-21-12-16/h3-4,7-8,11-12,15,17H,5-6,9-10,13-14H2,1-2H3,(H,23,26). The van der Waals surface area contributed by atoms with Crippen LogP contribution in [0.15, 0.2) is 36.9 Å². The van der Waals surface area contributed by atoms with E-state index in [0.717, 1.165) is 38.3 Å². The van der Waals surface area contributed by atoms with E-state index in [2.05, 4.69) is 30.8 Å². The van der Waals surface area contributed by atoms with Gasteiger partial charge in [-0.1, -0.05) is 6.07 Å². The van der Waals surface area contributed by atoms with Gasteiger partial charge in [-0.25, -0.2) is 4.98 Å². The molecule has 1 unspecified atom stereocenters. The maximum Gasteiger partial charge on any atom is 0.251 e. The number of amides is 1. The van der Waals surface area contributed by atoms with Gasteiger partial charge in [-0.3, -0.25) is 14.7 Å². The number of nitrogens with zero attached hydrogens (tertiary/aromatic N) is 4. The maximum atomic E-state index is 12.6. The Morgan fingerprint density at radius 1 is 1.37 bits per heavy atom. The number of carbonyl (C=O) groups excluding carboxylic acids is 1. The van der Waals surface area contributed by atoms with Crippen molar-refractivity contribution in [3.8, 4) is 0 Å². The zero-order chi connectivity index (χ0) is 18.9. The molecule has 7 heteroatoms. The van der Waals surface area contributed by atoms with Gasteiger partial charge in [0.05, 0.1) is 6.54 Å². The van der Waals surface area contributed by atoms with E-state index in [0.29, 0.717) is 6.54 Å². The maximum absolute atomic E-state index is 12.6. The van der Waals surface area contributed by atoms with Crippen molar-refractivity contribution in [2.75, 3.05) is 13.1 Å². The Hall–Kier alpha value is -2.25. The van der Waals surface area contributed by atoms with E-state index >= 15 is 0 Å². The first-order chi connectivity index (χ1) is 13.1. The second-order valence-electron chi connectivity index (χ2n) is 7.80. The van der Waals surface area contributed by atoms with Crippen molar-refractivity contribution >= 4 is 5.91 Å². The summed E-state index contributed by atoms with van der Waals surface area (Å²) in [4.78, 5) is 23.8. The van der Waals surface area contributed by atoms with E-state index < -0.39 is 11.7 Å². The molecule has 0 radical (unpaired) electrons. The van der Waals surface area contributed by atoms with Gasteiger partial charge in [-0.05, 0) is 38.3 Å². The van der Waals surface area contributed by atoms with Gasteiger partial charge in [0, 0.05) is 50.5 Å². The van der Waals surface area contributed by atoms with Crippen molar-refractivity contribution < 1.29 is 9.53 Å². The van der Waals surface area contributed by atoms with Crippen molar-refractivity contribution in [1.29, 1.82) is 0 Å². The summed E-state index contributed by atoms with van der Waals surface area (Å²) in [5, 5.41) is 2.98. The summed E-state index contributed by atoms with van der Waals surface area (Å²) in [5.41, 5.74) is 0.736. The Morgan fingerprint density at radius 3 is 2.89 bits per heavy atom. The molecule has 1 atom stereocenters. The number of imidazole rings is 1. The number of fused-ring (bicyclic) bond motifs is 2. The number of rotatable bonds is 4. The van der Waals surface area contributed by atoms with Gasteiger partial charge in [0.2, 0.25) is 0 Å². The minimum Gasteiger partial charge on any atom is -0.352 e. The van der Waals surface area contributed by atoms with Crippen LogP contribution in [-0.4, -0.2) is 50.6 Å². The highest BCUT2D eigenvalue weighted by Gasteiger charge is 2.47. The zero-order valence-electron chi connectivity index (χ0n) is 16.0. The number of piperidine rings is 1. The van der Waals surface area contributed by atoms with Crippen molar-refractivity contribution in [3.05, 3.63) is 48.3 Å². The number of nitrogens with one attached hydrogen (secondary N) is 1. The summed E-state index contributed by atoms with van der Waals surface area (Å²) >= 11 is 0. The lowest BCUT2D eigenvalue weighted by Crippen LogP contribution is -2.54. The summed E-state index contributed by atoms with van der Waals surface area (Å²) in [7, 11) is 0. The molecule has 144 valence electrons. The summed E-state index contributed by atoms with van der Waals surface area (Å²) in [6, 6.07) is 4.18. The van der Waals surface area contributed by atoms with E-state index in [1.54, 1.807) is 6.20 Å². The van der Waals surface area contributed by atoms with Crippen molar-refractivity contribution in [1.82, 2.24) is 24.8 Å². The Bertz CT molecular complexity index is 781. The van der Waals surface area contributed by atoms with Crippen LogP contribution < -0.4 is 5.32 Å². The fourth-order valence-electron chi connectivity index (χ4n) is 4.07. The van der Waals surface area contributed by atoms with Crippen molar-refractivity contribution in [2.45, 2.75) is 57.5 Å². The number of pyridine rings is 1. The third-order valence-corrected chi connectivity index (χ3v) is 5.37. The molecule has 1 spiro atoms. The molecule has 7 nitrogen and oxygen atoms in total. The molecule has 4 heterocycles. The molecule has 1 fully saturated rings. The predicted molar refractivity (Wildman–Crippen MR) is 101 cm³/mol. The lowest BCUT2D eigenvalue weighted by Gasteiger charge is -2.45. The third-order valence-electron chi connectivity index (χ3n) is 5.37. The lowest BCUT2D eigenvalue weighted by molar-refractivity contribution is -0.174. The highest BCUT2D eigenvalue weighted by molar-refractivity contribution is 5.81. The van der Waals surface area contributed by atoms with Gasteiger partial charge >= 0.3 is 0 Å². The third kappa shape index (κ3) is 3.75. The van der Waals surface area contributed by atoms with Crippen LogP contribution in [0.2, 0.25) is 0 Å². The van der Waals surface area contributed by atoms with Crippen LogP contribution in [0.4, 0.5) is 0 Å². The molecular formula is C20H27N5O2. The molecule has 27 heavy (non-hydrogen) atoms. The summed E-state index contributed by atoms with van der Waals surface area (Å²) in [5.74, 6) is 0.915. The predicted octanol–water partition coefficient (Wildman–Crippen LogP) is 1.69. The molecule has 0 bridgehead atoms. The first kappa shape index (κ1) is 18.1. The normalized spacial score (nSPS) is 22.0. The van der Waals surface area contributed by atoms with Crippen LogP contribution in [0.5, 0.6) is 0 Å². The molecule has 1 amide bonds. The average molecular weight is 369 g/mol. The Labute approximate surface area is 159 Å². The smallest absolute Gasteiger partial charge is 0.251 e. The SMILES string of the molecule is CC(C)NC(=O)C1Cn2ccnc2C2(CCN(Cc3cccnc3)CC2)O1. The van der Waals surface area contributed by atoms with E-state index in [-0.39, 0.29) is 11.9 Å². The summed E-state index contributed by atoms with van der Waals surface area (Å²) < 4.78 is 8.51. The number of hydrogen-bond acceptors (Lipinski definition) is 5. The topological polar surface area (TPSA) is 72.3 Å². The first-order valence-electron chi connectivity index (χ1n) is 9.67. The van der Waals surface area contributed by atoms with E-state index in [4.69, 9.17) is 4.74 Å². The highest BCUT2D eigenvalue weighted by Crippen LogP contribution is 2.40. The molecule has 2 aromatic heterocycles. The second-order valence-corrected chi connectivity index (χ2v) is 7.80. The number of aromatic nitrogens is 3. The van der Waals surface area contributed by atoms with Crippen LogP contribution in [0.25, 0.3) is 0 Å². The van der Waals surface area contributed by atoms with Gasteiger partial charge in [-0.2, -0.15) is 0 Å². The van der Waals surface area contributed by atoms with Gasteiger partial charge in [0.15, 0.2) is 6.10 Å². The minimum atomic E-state index is -0.480. The molecule has 0 saturated carbocycles. The van der Waals surface area contributed by atoms with Crippen LogP contribution in [0.1, 0.15) is 38.1 Å². The molecule has 2 aliphatic rings. The van der Waals surface area contributed by atoms with Gasteiger partial charge in [0.25, 0.3) is 5.91 Å². The second kappa shape index (κ2) is 7.40. The molecule has 1 N–H and O–H groups in total. The monoisotopic (exact) mass is 369 g/mol. The molecule has 4 rings (SSSR count). The van der Waals surface area contributed by atoms with Crippen LogP contribution >= 0.6 is 0 Å². The highest BCUT2D eigenvalue weighted by atomic mass is 16.5. The number of carbonyl (C=O) groups is 1. The van der Waals surface area contributed by atoms with E-state index in [9.17, 15) is 4.79 Å². The Kier molecular flexibility index (Phi) is 4.97. The van der Waals surface area contributed by atoms with Crippen LogP contribution in [-0.2, 0) is 28.2 Å². The minimum absolute atomic E-state index is 0.0403. The quantitative estimate of drug-likeness (QED) is 0.888. The molecular weight excluding hydrogens is 342 g/mol. The van der Waals surface area contributed by atoms with Crippen molar-refractivity contribution in [2.24, 2.45) is 0 Å². The Balaban J connectivity index is 1.48. The zero-order valence-corrected chi connectivity index (χ0v) is 16.0. The molecule has 2 aliphatic heterocycles. The number of likely N-dealkylation sites (tertiary alicyclic amines) is 1. The molecule has 0 aromatic carbocycles. The van der Waals surface area contributed by atoms with Gasteiger partial charge in [-0.15, -0.1) is 0 Å². The Morgan fingerprint density at radius 2 is 2.19 bits per heavy atom. The lowest BCUT2D eigenvalue weighted by atomic mass is 9.88. The fourth-order valence-corrected chi connectivity index (χ4v) is 4.07. The van der Waals surface area contributed by atoms with Crippen molar-refractivity contribution in [3.63, 3.8) is 0 Å². The van der Waals surface area contributed by atoms with E-state index in [1.165, 1.54) is 5.56 Å². The fraction of sp³-hybridized carbons (Fsp3) is 0.550. The molecule has 0 aliphatic carbocycles.